The van der Waals surface area contributed by atoms with Gasteiger partial charge in [-0.05, 0) is 38.3 Å². The molecule has 0 unspecified atom stereocenters. The number of para-hydroxylation sites is 1. The van der Waals surface area contributed by atoms with Gasteiger partial charge >= 0.3 is 0 Å². The molecule has 1 aromatic carbocycles. The van der Waals surface area contributed by atoms with Crippen molar-refractivity contribution >= 4 is 5.57 Å². The summed E-state index contributed by atoms with van der Waals surface area (Å²) in [7, 11) is 0. The van der Waals surface area contributed by atoms with Crippen LogP contribution in [0.3, 0.4) is 0 Å². The summed E-state index contributed by atoms with van der Waals surface area (Å²) in [5, 5.41) is 0. The minimum absolute atomic E-state index is 0.733. The maximum absolute atomic E-state index is 5.76. The van der Waals surface area contributed by atoms with E-state index in [9.17, 15) is 0 Å². The Morgan fingerprint density at radius 2 is 1.88 bits per heavy atom. The maximum atomic E-state index is 5.76. The monoisotopic (exact) mass is 234 g/mol. The largest absolute Gasteiger partial charge is 0.493 e. The van der Waals surface area contributed by atoms with Gasteiger partial charge in [-0.1, -0.05) is 24.8 Å². The van der Waals surface area contributed by atoms with Crippen molar-refractivity contribution in [3.8, 4) is 5.75 Å². The highest BCUT2D eigenvalue weighted by atomic mass is 16.5. The molecule has 0 bridgehead atoms. The summed E-state index contributed by atoms with van der Waals surface area (Å²) in [4.78, 5) is 0. The van der Waals surface area contributed by atoms with Crippen LogP contribution in [0.5, 0.6) is 5.75 Å². The van der Waals surface area contributed by atoms with E-state index in [1.807, 2.05) is 38.1 Å². The zero-order chi connectivity index (χ0) is 12.5. The molecular weight excluding hydrogens is 212 g/mol. The Kier molecular flexibility index (Phi) is 6.41. The van der Waals surface area contributed by atoms with Crippen LogP contribution in [0.25, 0.3) is 5.57 Å². The van der Waals surface area contributed by atoms with Crippen molar-refractivity contribution in [1.82, 2.24) is 0 Å². The third-order valence-electron chi connectivity index (χ3n) is 2.49. The molecule has 0 aliphatic carbocycles. The number of allylic oxidation sites excluding steroid dienone is 1. The number of rotatable bonds is 8. The summed E-state index contributed by atoms with van der Waals surface area (Å²) in [6.07, 6.45) is 2.06. The van der Waals surface area contributed by atoms with Crippen LogP contribution in [0.1, 0.15) is 32.3 Å². The predicted molar refractivity (Wildman–Crippen MR) is 72.4 cm³/mol. The minimum atomic E-state index is 0.733. The molecule has 0 aromatic heterocycles. The van der Waals surface area contributed by atoms with Gasteiger partial charge in [0.25, 0.3) is 0 Å². The molecule has 0 radical (unpaired) electrons. The normalized spacial score (nSPS) is 10.2. The van der Waals surface area contributed by atoms with Gasteiger partial charge in [0, 0.05) is 18.8 Å². The average Bonchev–Trinajstić information content (AvgIpc) is 2.34. The fourth-order valence-electron chi connectivity index (χ4n) is 1.58. The molecule has 0 spiro atoms. The van der Waals surface area contributed by atoms with Gasteiger partial charge in [0.15, 0.2) is 0 Å². The Hall–Kier alpha value is -1.28. The zero-order valence-corrected chi connectivity index (χ0v) is 10.9. The highest BCUT2D eigenvalue weighted by Crippen LogP contribution is 2.24. The maximum Gasteiger partial charge on any atom is 0.126 e. The SMILES string of the molecule is C=C(C)c1ccccc1OCCCCOCC. The first-order chi connectivity index (χ1) is 8.25. The Morgan fingerprint density at radius 1 is 1.18 bits per heavy atom. The third-order valence-corrected chi connectivity index (χ3v) is 2.49. The third kappa shape index (κ3) is 5.05. The first kappa shape index (κ1) is 13.8. The lowest BCUT2D eigenvalue weighted by molar-refractivity contribution is 0.138. The molecule has 0 atom stereocenters. The Labute approximate surface area is 104 Å². The summed E-state index contributed by atoms with van der Waals surface area (Å²) in [6.45, 7) is 10.3. The first-order valence-corrected chi connectivity index (χ1v) is 6.21. The van der Waals surface area contributed by atoms with E-state index in [1.54, 1.807) is 0 Å². The van der Waals surface area contributed by atoms with Gasteiger partial charge in [0.2, 0.25) is 0 Å². The Balaban J connectivity index is 2.34. The molecule has 0 N–H and O–H groups in total. The Bertz CT molecular complexity index is 345. The highest BCUT2D eigenvalue weighted by molar-refractivity contribution is 5.66. The zero-order valence-electron chi connectivity index (χ0n) is 10.9. The molecule has 0 aliphatic rings. The summed E-state index contributed by atoms with van der Waals surface area (Å²) in [5.74, 6) is 0.927. The average molecular weight is 234 g/mol. The topological polar surface area (TPSA) is 18.5 Å². The van der Waals surface area contributed by atoms with E-state index in [2.05, 4.69) is 6.58 Å². The van der Waals surface area contributed by atoms with E-state index < -0.39 is 0 Å². The van der Waals surface area contributed by atoms with E-state index in [-0.39, 0.29) is 0 Å². The van der Waals surface area contributed by atoms with Crippen LogP contribution in [0, 0.1) is 0 Å². The summed E-state index contributed by atoms with van der Waals surface area (Å²) in [6, 6.07) is 8.03. The molecule has 0 aliphatic heterocycles. The standard InChI is InChI=1S/C15H22O2/c1-4-16-11-7-8-12-17-15-10-6-5-9-14(15)13(2)3/h5-6,9-10H,2,4,7-8,11-12H2,1,3H3. The smallest absolute Gasteiger partial charge is 0.126 e. The molecule has 0 fully saturated rings. The molecule has 0 saturated carbocycles. The van der Waals surface area contributed by atoms with Crippen molar-refractivity contribution in [2.75, 3.05) is 19.8 Å². The highest BCUT2D eigenvalue weighted by Gasteiger charge is 2.02. The summed E-state index contributed by atoms with van der Waals surface area (Å²) >= 11 is 0. The molecule has 0 heterocycles. The van der Waals surface area contributed by atoms with E-state index in [1.165, 1.54) is 0 Å². The molecule has 17 heavy (non-hydrogen) atoms. The second-order valence-electron chi connectivity index (χ2n) is 4.03. The number of hydrogen-bond donors (Lipinski definition) is 0. The van der Waals surface area contributed by atoms with E-state index in [0.717, 1.165) is 49.5 Å². The summed E-state index contributed by atoms with van der Waals surface area (Å²) < 4.78 is 11.0. The minimum Gasteiger partial charge on any atom is -0.493 e. The lowest BCUT2D eigenvalue weighted by Crippen LogP contribution is -2.02. The van der Waals surface area contributed by atoms with Crippen LogP contribution in [0.15, 0.2) is 30.8 Å². The molecule has 94 valence electrons. The Morgan fingerprint density at radius 3 is 2.59 bits per heavy atom. The lowest BCUT2D eigenvalue weighted by atomic mass is 10.1. The van der Waals surface area contributed by atoms with E-state index in [0.29, 0.717) is 0 Å². The summed E-state index contributed by atoms with van der Waals surface area (Å²) in [5.41, 5.74) is 2.13. The van der Waals surface area contributed by atoms with Crippen LogP contribution in [0.2, 0.25) is 0 Å². The number of benzene rings is 1. The molecule has 1 rings (SSSR count). The molecule has 0 saturated heterocycles. The second-order valence-corrected chi connectivity index (χ2v) is 4.03. The molecule has 2 heteroatoms. The molecule has 1 aromatic rings. The van der Waals surface area contributed by atoms with Gasteiger partial charge in [-0.25, -0.2) is 0 Å². The molecule has 2 nitrogen and oxygen atoms in total. The van der Waals surface area contributed by atoms with Crippen molar-refractivity contribution in [1.29, 1.82) is 0 Å². The van der Waals surface area contributed by atoms with Crippen molar-refractivity contribution < 1.29 is 9.47 Å². The van der Waals surface area contributed by atoms with E-state index in [4.69, 9.17) is 9.47 Å². The number of ether oxygens (including phenoxy) is 2. The quantitative estimate of drug-likeness (QED) is 0.635. The predicted octanol–water partition coefficient (Wildman–Crippen LogP) is 3.92. The van der Waals surface area contributed by atoms with Crippen LogP contribution in [-0.4, -0.2) is 19.8 Å². The fraction of sp³-hybridized carbons (Fsp3) is 0.467. The van der Waals surface area contributed by atoms with Gasteiger partial charge in [0.05, 0.1) is 6.61 Å². The van der Waals surface area contributed by atoms with Gasteiger partial charge in [-0.15, -0.1) is 0 Å². The van der Waals surface area contributed by atoms with Crippen LogP contribution >= 0.6 is 0 Å². The van der Waals surface area contributed by atoms with Crippen molar-refractivity contribution in [2.24, 2.45) is 0 Å². The van der Waals surface area contributed by atoms with Crippen LogP contribution in [-0.2, 0) is 4.74 Å². The lowest BCUT2D eigenvalue weighted by Gasteiger charge is -2.11. The van der Waals surface area contributed by atoms with Gasteiger partial charge in [-0.2, -0.15) is 0 Å². The number of unbranched alkanes of at least 4 members (excludes halogenated alkanes) is 1. The number of hydrogen-bond acceptors (Lipinski definition) is 2. The van der Waals surface area contributed by atoms with Crippen LogP contribution < -0.4 is 4.74 Å². The van der Waals surface area contributed by atoms with Crippen LogP contribution in [0.4, 0.5) is 0 Å². The van der Waals surface area contributed by atoms with Crippen molar-refractivity contribution in [3.05, 3.63) is 36.4 Å². The molecular formula is C15H22O2. The fourth-order valence-corrected chi connectivity index (χ4v) is 1.58. The van der Waals surface area contributed by atoms with Gasteiger partial charge in [-0.3, -0.25) is 0 Å². The molecule has 0 amide bonds. The van der Waals surface area contributed by atoms with E-state index >= 15 is 0 Å². The van der Waals surface area contributed by atoms with Crippen molar-refractivity contribution in [3.63, 3.8) is 0 Å². The van der Waals surface area contributed by atoms with Gasteiger partial charge < -0.3 is 9.47 Å². The second kappa shape index (κ2) is 7.91. The van der Waals surface area contributed by atoms with Gasteiger partial charge in [0.1, 0.15) is 5.75 Å². The first-order valence-electron chi connectivity index (χ1n) is 6.21. The van der Waals surface area contributed by atoms with Crippen molar-refractivity contribution in [2.45, 2.75) is 26.7 Å².